The molecule has 0 bridgehead atoms. The number of carbonyl (C=O) groups is 1. The van der Waals surface area contributed by atoms with Crippen molar-refractivity contribution in [2.75, 3.05) is 5.32 Å². The molecule has 0 atom stereocenters. The topological polar surface area (TPSA) is 49.3 Å². The van der Waals surface area contributed by atoms with Crippen molar-refractivity contribution in [3.63, 3.8) is 0 Å². The van der Waals surface area contributed by atoms with Crippen molar-refractivity contribution >= 4 is 11.6 Å². The first-order valence-electron chi connectivity index (χ1n) is 8.13. The van der Waals surface area contributed by atoms with Gasteiger partial charge in [-0.25, -0.2) is 13.2 Å². The number of hydrogen-bond acceptors (Lipinski definition) is 2. The molecule has 3 rings (SSSR count). The molecule has 3 nitrogen and oxygen atoms in total. The van der Waals surface area contributed by atoms with Crippen LogP contribution in [0, 0.1) is 31.3 Å². The van der Waals surface area contributed by atoms with Crippen LogP contribution in [0.2, 0.25) is 0 Å². The second-order valence-electron chi connectivity index (χ2n) is 6.19. The fourth-order valence-electron chi connectivity index (χ4n) is 2.74. The molecule has 0 saturated carbocycles. The minimum absolute atomic E-state index is 0.133. The van der Waals surface area contributed by atoms with Crippen LogP contribution in [-0.4, -0.2) is 11.0 Å². The van der Waals surface area contributed by atoms with E-state index >= 15 is 0 Å². The lowest BCUT2D eigenvalue weighted by Gasteiger charge is -2.14. The quantitative estimate of drug-likeness (QED) is 0.652. The number of phenols is 1. The molecular weight excluding hydrogens is 355 g/mol. The fourth-order valence-corrected chi connectivity index (χ4v) is 2.74. The molecule has 0 saturated heterocycles. The Morgan fingerprint density at radius 2 is 1.67 bits per heavy atom. The molecule has 27 heavy (non-hydrogen) atoms. The standard InChI is InChI=1S/C21H16F3NO2/c1-11-8-18(26)12(2)20(19(11)24)25-21(27)16-10-14(6-7-17(16)23)13-4-3-5-15(22)9-13/h3-10,26H,1-2H3,(H,25,27). The van der Waals surface area contributed by atoms with E-state index < -0.39 is 23.4 Å². The Morgan fingerprint density at radius 1 is 0.963 bits per heavy atom. The first-order valence-corrected chi connectivity index (χ1v) is 8.13. The second kappa shape index (κ2) is 7.15. The van der Waals surface area contributed by atoms with E-state index in [1.165, 1.54) is 50.2 Å². The predicted octanol–water partition coefficient (Wildman–Crippen LogP) is 5.35. The Kier molecular flexibility index (Phi) is 4.90. The molecule has 0 radical (unpaired) electrons. The zero-order valence-corrected chi connectivity index (χ0v) is 14.6. The van der Waals surface area contributed by atoms with Crippen LogP contribution in [0.15, 0.2) is 48.5 Å². The first-order chi connectivity index (χ1) is 12.8. The van der Waals surface area contributed by atoms with Gasteiger partial charge in [0, 0.05) is 5.56 Å². The smallest absolute Gasteiger partial charge is 0.258 e. The van der Waals surface area contributed by atoms with Crippen LogP contribution in [0.4, 0.5) is 18.9 Å². The Balaban J connectivity index is 2.00. The van der Waals surface area contributed by atoms with Gasteiger partial charge in [-0.15, -0.1) is 0 Å². The summed E-state index contributed by atoms with van der Waals surface area (Å²) in [5, 5.41) is 12.2. The maximum absolute atomic E-state index is 14.3. The monoisotopic (exact) mass is 371 g/mol. The molecule has 2 N–H and O–H groups in total. The van der Waals surface area contributed by atoms with E-state index in [-0.39, 0.29) is 28.1 Å². The summed E-state index contributed by atoms with van der Waals surface area (Å²) in [6.07, 6.45) is 0. The number of carbonyl (C=O) groups excluding carboxylic acids is 1. The van der Waals surface area contributed by atoms with Crippen LogP contribution in [0.1, 0.15) is 21.5 Å². The van der Waals surface area contributed by atoms with E-state index in [2.05, 4.69) is 5.32 Å². The number of phenolic OH excluding ortho intramolecular Hbond substituents is 1. The molecule has 0 fully saturated rings. The van der Waals surface area contributed by atoms with Gasteiger partial charge < -0.3 is 10.4 Å². The summed E-state index contributed by atoms with van der Waals surface area (Å²) >= 11 is 0. The SMILES string of the molecule is Cc1cc(O)c(C)c(NC(=O)c2cc(-c3cccc(F)c3)ccc2F)c1F. The average molecular weight is 371 g/mol. The maximum Gasteiger partial charge on any atom is 0.258 e. The fraction of sp³-hybridized carbons (Fsp3) is 0.0952. The highest BCUT2D eigenvalue weighted by atomic mass is 19.1. The summed E-state index contributed by atoms with van der Waals surface area (Å²) < 4.78 is 42.0. The Hall–Kier alpha value is -3.28. The van der Waals surface area contributed by atoms with Crippen LogP contribution in [0.25, 0.3) is 11.1 Å². The number of aromatic hydroxyl groups is 1. The van der Waals surface area contributed by atoms with Crippen molar-refractivity contribution in [2.24, 2.45) is 0 Å². The third-order valence-electron chi connectivity index (χ3n) is 4.29. The molecule has 0 aliphatic rings. The molecule has 3 aromatic rings. The van der Waals surface area contributed by atoms with Crippen molar-refractivity contribution in [2.45, 2.75) is 13.8 Å². The van der Waals surface area contributed by atoms with E-state index in [1.54, 1.807) is 6.07 Å². The average Bonchev–Trinajstić information content (AvgIpc) is 2.64. The summed E-state index contributed by atoms with van der Waals surface area (Å²) in [7, 11) is 0. The number of halogens is 3. The van der Waals surface area contributed by atoms with Gasteiger partial charge in [-0.05, 0) is 60.9 Å². The first kappa shape index (κ1) is 18.5. The van der Waals surface area contributed by atoms with E-state index in [0.717, 1.165) is 6.07 Å². The molecular formula is C21H16F3NO2. The van der Waals surface area contributed by atoms with Gasteiger partial charge in [-0.2, -0.15) is 0 Å². The molecule has 0 spiro atoms. The van der Waals surface area contributed by atoms with Crippen LogP contribution >= 0.6 is 0 Å². The van der Waals surface area contributed by atoms with Gasteiger partial charge in [0.25, 0.3) is 5.91 Å². The van der Waals surface area contributed by atoms with Crippen molar-refractivity contribution in [3.05, 3.63) is 82.7 Å². The van der Waals surface area contributed by atoms with Gasteiger partial charge >= 0.3 is 0 Å². The lowest BCUT2D eigenvalue weighted by molar-refractivity contribution is 0.102. The van der Waals surface area contributed by atoms with E-state index in [9.17, 15) is 23.1 Å². The lowest BCUT2D eigenvalue weighted by atomic mass is 10.0. The highest BCUT2D eigenvalue weighted by molar-refractivity contribution is 6.05. The van der Waals surface area contributed by atoms with Gasteiger partial charge in [0.05, 0.1) is 11.3 Å². The van der Waals surface area contributed by atoms with Crippen molar-refractivity contribution < 1.29 is 23.1 Å². The number of aryl methyl sites for hydroxylation is 1. The number of hydrogen-bond donors (Lipinski definition) is 2. The van der Waals surface area contributed by atoms with Gasteiger partial charge in [0.15, 0.2) is 0 Å². The molecule has 3 aromatic carbocycles. The number of nitrogens with one attached hydrogen (secondary N) is 1. The number of amides is 1. The molecule has 1 amide bonds. The molecule has 0 unspecified atom stereocenters. The summed E-state index contributed by atoms with van der Waals surface area (Å²) in [6, 6.07) is 10.7. The Bertz CT molecular complexity index is 1020. The van der Waals surface area contributed by atoms with E-state index in [4.69, 9.17) is 0 Å². The minimum atomic E-state index is -0.877. The van der Waals surface area contributed by atoms with Crippen molar-refractivity contribution in [1.82, 2.24) is 0 Å². The van der Waals surface area contributed by atoms with Crippen LogP contribution in [-0.2, 0) is 0 Å². The van der Waals surface area contributed by atoms with Crippen molar-refractivity contribution in [1.29, 1.82) is 0 Å². The second-order valence-corrected chi connectivity index (χ2v) is 6.19. The van der Waals surface area contributed by atoms with Gasteiger partial charge in [0.2, 0.25) is 0 Å². The Labute approximate surface area is 154 Å². The van der Waals surface area contributed by atoms with E-state index in [1.807, 2.05) is 0 Å². The number of benzene rings is 3. The zero-order valence-electron chi connectivity index (χ0n) is 14.6. The predicted molar refractivity (Wildman–Crippen MR) is 97.3 cm³/mol. The van der Waals surface area contributed by atoms with Crippen molar-refractivity contribution in [3.8, 4) is 16.9 Å². The van der Waals surface area contributed by atoms with Gasteiger partial charge in [0.1, 0.15) is 23.2 Å². The molecule has 0 heterocycles. The lowest BCUT2D eigenvalue weighted by Crippen LogP contribution is -2.16. The summed E-state index contributed by atoms with van der Waals surface area (Å²) in [4.78, 5) is 12.5. The van der Waals surface area contributed by atoms with Gasteiger partial charge in [-0.1, -0.05) is 18.2 Å². The zero-order chi connectivity index (χ0) is 19.7. The molecule has 0 aliphatic carbocycles. The van der Waals surface area contributed by atoms with E-state index in [0.29, 0.717) is 11.1 Å². The summed E-state index contributed by atoms with van der Waals surface area (Å²) in [5.41, 5.74) is 0.644. The minimum Gasteiger partial charge on any atom is -0.508 e. The maximum atomic E-state index is 14.3. The summed E-state index contributed by atoms with van der Waals surface area (Å²) in [5.74, 6) is -3.03. The molecule has 0 aliphatic heterocycles. The Morgan fingerprint density at radius 3 is 2.37 bits per heavy atom. The van der Waals surface area contributed by atoms with Gasteiger partial charge in [-0.3, -0.25) is 4.79 Å². The third-order valence-corrected chi connectivity index (χ3v) is 4.29. The molecule has 6 heteroatoms. The third kappa shape index (κ3) is 3.65. The highest BCUT2D eigenvalue weighted by Gasteiger charge is 2.19. The largest absolute Gasteiger partial charge is 0.508 e. The number of rotatable bonds is 3. The normalized spacial score (nSPS) is 10.7. The summed E-state index contributed by atoms with van der Waals surface area (Å²) in [6.45, 7) is 2.88. The molecule has 0 aromatic heterocycles. The molecule has 138 valence electrons. The number of anilines is 1. The van der Waals surface area contributed by atoms with Crippen LogP contribution < -0.4 is 5.32 Å². The van der Waals surface area contributed by atoms with Crippen LogP contribution in [0.5, 0.6) is 5.75 Å². The highest BCUT2D eigenvalue weighted by Crippen LogP contribution is 2.31. The van der Waals surface area contributed by atoms with Crippen LogP contribution in [0.3, 0.4) is 0 Å².